The van der Waals surface area contributed by atoms with Crippen molar-refractivity contribution in [2.75, 3.05) is 7.11 Å². The third-order valence-electron chi connectivity index (χ3n) is 2.40. The topological polar surface area (TPSA) is 63.9 Å². The minimum absolute atomic E-state index is 0.305. The summed E-state index contributed by atoms with van der Waals surface area (Å²) in [6, 6.07) is 6.95. The van der Waals surface area contributed by atoms with Crippen LogP contribution in [-0.4, -0.2) is 17.3 Å². The number of benzene rings is 1. The van der Waals surface area contributed by atoms with Gasteiger partial charge in [0.2, 0.25) is 0 Å². The van der Waals surface area contributed by atoms with Crippen molar-refractivity contribution in [1.29, 1.82) is 0 Å². The molecule has 84 valence electrons. The number of nitrogens with one attached hydrogen (secondary N) is 1. The first-order valence-corrected chi connectivity index (χ1v) is 5.18. The van der Waals surface area contributed by atoms with Gasteiger partial charge in [-0.3, -0.25) is 5.10 Å². The summed E-state index contributed by atoms with van der Waals surface area (Å²) in [6.07, 6.45) is 1.66. The lowest BCUT2D eigenvalue weighted by Gasteiger charge is -2.12. The van der Waals surface area contributed by atoms with Gasteiger partial charge in [0.15, 0.2) is 0 Å². The minimum Gasteiger partial charge on any atom is -0.497 e. The molecule has 0 saturated carbocycles. The lowest BCUT2D eigenvalue weighted by Crippen LogP contribution is -2.12. The average molecular weight is 238 g/mol. The van der Waals surface area contributed by atoms with E-state index in [0.29, 0.717) is 10.8 Å². The second-order valence-electron chi connectivity index (χ2n) is 3.38. The maximum Gasteiger partial charge on any atom is 0.120 e. The fourth-order valence-corrected chi connectivity index (χ4v) is 1.78. The summed E-state index contributed by atoms with van der Waals surface area (Å²) in [6.45, 7) is 0. The molecule has 5 heteroatoms. The Kier molecular flexibility index (Phi) is 3.12. The van der Waals surface area contributed by atoms with Crippen molar-refractivity contribution < 1.29 is 4.74 Å². The second-order valence-corrected chi connectivity index (χ2v) is 3.78. The number of hydrogen-bond acceptors (Lipinski definition) is 3. The van der Waals surface area contributed by atoms with Crippen molar-refractivity contribution >= 4 is 11.6 Å². The molecule has 0 saturated heterocycles. The molecule has 1 unspecified atom stereocenters. The van der Waals surface area contributed by atoms with Crippen LogP contribution in [0.15, 0.2) is 30.5 Å². The van der Waals surface area contributed by atoms with Gasteiger partial charge < -0.3 is 10.5 Å². The second kappa shape index (κ2) is 4.55. The van der Waals surface area contributed by atoms with E-state index in [1.165, 1.54) is 0 Å². The summed E-state index contributed by atoms with van der Waals surface area (Å²) in [7, 11) is 1.60. The highest BCUT2D eigenvalue weighted by molar-refractivity contribution is 6.31. The van der Waals surface area contributed by atoms with Crippen LogP contribution in [0.25, 0.3) is 0 Å². The monoisotopic (exact) mass is 237 g/mol. The Labute approximate surface area is 98.4 Å². The lowest BCUT2D eigenvalue weighted by atomic mass is 10.0. The number of nitrogens with two attached hydrogens (primary N) is 1. The van der Waals surface area contributed by atoms with Crippen molar-refractivity contribution in [3.63, 3.8) is 0 Å². The molecule has 3 N–H and O–H groups in total. The lowest BCUT2D eigenvalue weighted by molar-refractivity contribution is 0.414. The molecular weight excluding hydrogens is 226 g/mol. The molecule has 4 nitrogen and oxygen atoms in total. The SMILES string of the molecule is COc1ccc(C(N)c2ccn[nH]2)c(Cl)c1. The van der Waals surface area contributed by atoms with Crippen LogP contribution in [0.5, 0.6) is 5.75 Å². The molecule has 1 heterocycles. The van der Waals surface area contributed by atoms with Crippen LogP contribution in [0.2, 0.25) is 5.02 Å². The summed E-state index contributed by atoms with van der Waals surface area (Å²) in [5, 5.41) is 7.27. The van der Waals surface area contributed by atoms with Crippen LogP contribution in [0.3, 0.4) is 0 Å². The number of H-pyrrole nitrogens is 1. The molecule has 1 aromatic heterocycles. The van der Waals surface area contributed by atoms with Gasteiger partial charge in [-0.2, -0.15) is 5.10 Å². The number of ether oxygens (including phenoxy) is 1. The highest BCUT2D eigenvalue weighted by atomic mass is 35.5. The predicted octanol–water partition coefficient (Wildman–Crippen LogP) is 2.12. The third-order valence-corrected chi connectivity index (χ3v) is 2.73. The van der Waals surface area contributed by atoms with E-state index in [1.54, 1.807) is 19.4 Å². The number of halogens is 1. The van der Waals surface area contributed by atoms with Gasteiger partial charge >= 0.3 is 0 Å². The summed E-state index contributed by atoms with van der Waals surface area (Å²) in [4.78, 5) is 0. The summed E-state index contributed by atoms with van der Waals surface area (Å²) in [5.41, 5.74) is 7.72. The van der Waals surface area contributed by atoms with Crippen LogP contribution < -0.4 is 10.5 Å². The van der Waals surface area contributed by atoms with Crippen molar-refractivity contribution in [3.05, 3.63) is 46.7 Å². The van der Waals surface area contributed by atoms with Crippen LogP contribution in [0, 0.1) is 0 Å². The number of aromatic nitrogens is 2. The maximum atomic E-state index is 6.13. The Morgan fingerprint density at radius 1 is 1.44 bits per heavy atom. The summed E-state index contributed by atoms with van der Waals surface area (Å²) in [5.74, 6) is 0.713. The molecule has 0 radical (unpaired) electrons. The van der Waals surface area contributed by atoms with Crippen molar-refractivity contribution in [3.8, 4) is 5.75 Å². The molecule has 0 aliphatic carbocycles. The average Bonchev–Trinajstić information content (AvgIpc) is 2.81. The van der Waals surface area contributed by atoms with Crippen LogP contribution in [-0.2, 0) is 0 Å². The van der Waals surface area contributed by atoms with E-state index in [4.69, 9.17) is 22.1 Å². The molecule has 16 heavy (non-hydrogen) atoms. The molecule has 2 aromatic rings. The van der Waals surface area contributed by atoms with E-state index >= 15 is 0 Å². The van der Waals surface area contributed by atoms with Gasteiger partial charge in [0.1, 0.15) is 5.75 Å². The van der Waals surface area contributed by atoms with Crippen molar-refractivity contribution in [2.45, 2.75) is 6.04 Å². The third kappa shape index (κ3) is 2.03. The number of methoxy groups -OCH3 is 1. The molecule has 0 amide bonds. The predicted molar refractivity (Wildman–Crippen MR) is 62.6 cm³/mol. The zero-order valence-corrected chi connectivity index (χ0v) is 9.53. The van der Waals surface area contributed by atoms with Crippen LogP contribution >= 0.6 is 11.6 Å². The molecule has 0 aliphatic rings. The van der Waals surface area contributed by atoms with E-state index in [0.717, 1.165) is 11.3 Å². The fourth-order valence-electron chi connectivity index (χ4n) is 1.49. The highest BCUT2D eigenvalue weighted by Crippen LogP contribution is 2.28. The van der Waals surface area contributed by atoms with Crippen LogP contribution in [0.1, 0.15) is 17.3 Å². The standard InChI is InChI=1S/C11H12ClN3O/c1-16-7-2-3-8(9(12)6-7)11(13)10-4-5-14-15-10/h2-6,11H,13H2,1H3,(H,14,15). The largest absolute Gasteiger partial charge is 0.497 e. The fraction of sp³-hybridized carbons (Fsp3) is 0.182. The Hall–Kier alpha value is -1.52. The number of nitrogens with zero attached hydrogens (tertiary/aromatic N) is 1. The maximum absolute atomic E-state index is 6.13. The molecule has 1 atom stereocenters. The molecular formula is C11H12ClN3O. The Balaban J connectivity index is 2.34. The first-order chi connectivity index (χ1) is 7.72. The first kappa shape index (κ1) is 11.0. The van der Waals surface area contributed by atoms with Gasteiger partial charge in [-0.25, -0.2) is 0 Å². The van der Waals surface area contributed by atoms with Gasteiger partial charge in [0.05, 0.1) is 18.8 Å². The number of rotatable bonds is 3. The normalized spacial score (nSPS) is 12.4. The molecule has 0 spiro atoms. The quantitative estimate of drug-likeness (QED) is 0.860. The van der Waals surface area contributed by atoms with Gasteiger partial charge in [-0.1, -0.05) is 17.7 Å². The summed E-state index contributed by atoms with van der Waals surface area (Å²) < 4.78 is 5.08. The summed E-state index contributed by atoms with van der Waals surface area (Å²) >= 11 is 6.13. The molecule has 0 fully saturated rings. The van der Waals surface area contributed by atoms with Gasteiger partial charge in [0, 0.05) is 11.2 Å². The molecule has 1 aromatic carbocycles. The Morgan fingerprint density at radius 3 is 2.81 bits per heavy atom. The molecule has 0 bridgehead atoms. The smallest absolute Gasteiger partial charge is 0.120 e. The number of hydrogen-bond donors (Lipinski definition) is 2. The van der Waals surface area contributed by atoms with E-state index in [1.807, 2.05) is 18.2 Å². The Morgan fingerprint density at radius 2 is 2.25 bits per heavy atom. The first-order valence-electron chi connectivity index (χ1n) is 4.80. The van der Waals surface area contributed by atoms with E-state index in [9.17, 15) is 0 Å². The van der Waals surface area contributed by atoms with E-state index in [2.05, 4.69) is 10.2 Å². The van der Waals surface area contributed by atoms with E-state index < -0.39 is 0 Å². The van der Waals surface area contributed by atoms with Crippen LogP contribution in [0.4, 0.5) is 0 Å². The zero-order valence-electron chi connectivity index (χ0n) is 8.77. The zero-order chi connectivity index (χ0) is 11.5. The van der Waals surface area contributed by atoms with Gasteiger partial charge in [-0.15, -0.1) is 0 Å². The number of aromatic amines is 1. The Bertz CT molecular complexity index is 470. The van der Waals surface area contributed by atoms with Gasteiger partial charge in [0.25, 0.3) is 0 Å². The van der Waals surface area contributed by atoms with Crippen molar-refractivity contribution in [2.24, 2.45) is 5.73 Å². The highest BCUT2D eigenvalue weighted by Gasteiger charge is 2.13. The molecule has 2 rings (SSSR count). The van der Waals surface area contributed by atoms with E-state index in [-0.39, 0.29) is 6.04 Å². The molecule has 0 aliphatic heterocycles. The van der Waals surface area contributed by atoms with Crippen molar-refractivity contribution in [1.82, 2.24) is 10.2 Å². The van der Waals surface area contributed by atoms with Gasteiger partial charge in [-0.05, 0) is 23.8 Å². The minimum atomic E-state index is -0.305.